The number of hydrogen-bond donors (Lipinski definition) is 0. The van der Waals surface area contributed by atoms with E-state index in [1.54, 1.807) is 30.3 Å². The van der Waals surface area contributed by atoms with Crippen molar-refractivity contribution in [2.75, 3.05) is 0 Å². The molecule has 120 valence electrons. The third kappa shape index (κ3) is 2.16. The van der Waals surface area contributed by atoms with Gasteiger partial charge in [-0.05, 0) is 25.1 Å². The Balaban J connectivity index is 2.01. The molecule has 0 aliphatic carbocycles. The van der Waals surface area contributed by atoms with Crippen LogP contribution in [0.3, 0.4) is 0 Å². The molecular weight excluding hydrogens is 348 g/mol. The van der Waals surface area contributed by atoms with Gasteiger partial charge >= 0.3 is 0 Å². The maximum Gasteiger partial charge on any atom is 0.269 e. The molecule has 0 spiro atoms. The molecule has 8 heteroatoms. The van der Waals surface area contributed by atoms with Crippen LogP contribution in [0.25, 0.3) is 21.9 Å². The van der Waals surface area contributed by atoms with Gasteiger partial charge in [-0.3, -0.25) is 0 Å². The van der Waals surface area contributed by atoms with E-state index in [0.29, 0.717) is 21.9 Å². The van der Waals surface area contributed by atoms with Crippen molar-refractivity contribution < 1.29 is 8.42 Å². The number of benzene rings is 1. The number of hydrogen-bond acceptors (Lipinski definition) is 5. The molecule has 0 saturated carbocycles. The summed E-state index contributed by atoms with van der Waals surface area (Å²) in [6.45, 7) is 1.90. The lowest BCUT2D eigenvalue weighted by atomic mass is 10.2. The molecule has 0 atom stereocenters. The lowest BCUT2D eigenvalue weighted by Gasteiger charge is -2.08. The smallest absolute Gasteiger partial charge is 0.235 e. The van der Waals surface area contributed by atoms with Crippen molar-refractivity contribution in [1.82, 2.24) is 18.9 Å². The van der Waals surface area contributed by atoms with Crippen LogP contribution in [-0.4, -0.2) is 27.3 Å². The van der Waals surface area contributed by atoms with Crippen LogP contribution in [0.5, 0.6) is 0 Å². The van der Waals surface area contributed by atoms with Crippen molar-refractivity contribution >= 4 is 43.6 Å². The van der Waals surface area contributed by atoms with Crippen LogP contribution in [0.2, 0.25) is 5.15 Å². The Hall–Kier alpha value is -2.51. The fourth-order valence-corrected chi connectivity index (χ4v) is 4.13. The highest BCUT2D eigenvalue weighted by Crippen LogP contribution is 2.29. The number of aromatic nitrogens is 4. The molecule has 0 aliphatic heterocycles. The summed E-state index contributed by atoms with van der Waals surface area (Å²) in [5.74, 6) is 0. The van der Waals surface area contributed by atoms with Gasteiger partial charge in [0.2, 0.25) is 0 Å². The third-order valence-corrected chi connectivity index (χ3v) is 5.78. The summed E-state index contributed by atoms with van der Waals surface area (Å²) < 4.78 is 26.9. The zero-order chi connectivity index (χ0) is 16.9. The van der Waals surface area contributed by atoms with Gasteiger partial charge in [-0.1, -0.05) is 29.3 Å². The first kappa shape index (κ1) is 15.0. The van der Waals surface area contributed by atoms with Crippen LogP contribution < -0.4 is 0 Å². The Labute approximate surface area is 142 Å². The van der Waals surface area contributed by atoms with E-state index in [0.717, 1.165) is 9.54 Å². The summed E-state index contributed by atoms with van der Waals surface area (Å²) in [5.41, 5.74) is 1.84. The normalized spacial score (nSPS) is 12.1. The van der Waals surface area contributed by atoms with Gasteiger partial charge in [-0.2, -0.15) is 0 Å². The summed E-state index contributed by atoms with van der Waals surface area (Å²) in [6.07, 6.45) is 4.31. The second-order valence-corrected chi connectivity index (χ2v) is 7.52. The molecule has 4 aromatic rings. The first-order valence-corrected chi connectivity index (χ1v) is 8.89. The van der Waals surface area contributed by atoms with Crippen molar-refractivity contribution in [3.05, 3.63) is 59.8 Å². The van der Waals surface area contributed by atoms with Gasteiger partial charge < -0.3 is 0 Å². The van der Waals surface area contributed by atoms with Crippen molar-refractivity contribution in [2.45, 2.75) is 11.8 Å². The summed E-state index contributed by atoms with van der Waals surface area (Å²) >= 11 is 6.16. The van der Waals surface area contributed by atoms with Crippen molar-refractivity contribution in [1.29, 1.82) is 0 Å². The van der Waals surface area contributed by atoms with Crippen LogP contribution >= 0.6 is 11.6 Å². The lowest BCUT2D eigenvalue weighted by Crippen LogP contribution is -2.12. The number of fused-ring (bicyclic) bond motifs is 3. The van der Waals surface area contributed by atoms with Crippen LogP contribution in [0.15, 0.2) is 53.9 Å². The van der Waals surface area contributed by atoms with Crippen LogP contribution in [0.1, 0.15) is 5.56 Å². The van der Waals surface area contributed by atoms with Gasteiger partial charge in [0, 0.05) is 11.6 Å². The Kier molecular flexibility index (Phi) is 3.29. The van der Waals surface area contributed by atoms with E-state index in [9.17, 15) is 8.42 Å². The van der Waals surface area contributed by atoms with Gasteiger partial charge in [-0.15, -0.1) is 0 Å². The predicted molar refractivity (Wildman–Crippen MR) is 91.6 cm³/mol. The number of rotatable bonds is 2. The van der Waals surface area contributed by atoms with Gasteiger partial charge in [0.25, 0.3) is 10.0 Å². The molecule has 0 unspecified atom stereocenters. The summed E-state index contributed by atoms with van der Waals surface area (Å²) in [5, 5.41) is 1.44. The Morgan fingerprint density at radius 1 is 1.04 bits per heavy atom. The van der Waals surface area contributed by atoms with Gasteiger partial charge in [0.05, 0.1) is 22.0 Å². The average Bonchev–Trinajstić information content (AvgIpc) is 3.00. The van der Waals surface area contributed by atoms with Crippen LogP contribution in [0, 0.1) is 6.92 Å². The fraction of sp³-hybridized carbons (Fsp3) is 0.0625. The minimum atomic E-state index is -3.75. The Bertz CT molecular complexity index is 1180. The highest BCUT2D eigenvalue weighted by atomic mass is 35.5. The van der Waals surface area contributed by atoms with Crippen molar-refractivity contribution in [3.8, 4) is 0 Å². The number of halogens is 1. The summed E-state index contributed by atoms with van der Waals surface area (Å²) in [4.78, 5) is 12.5. The molecule has 24 heavy (non-hydrogen) atoms. The fourth-order valence-electron chi connectivity index (χ4n) is 2.59. The summed E-state index contributed by atoms with van der Waals surface area (Å²) in [6, 6.07) is 8.32. The molecule has 4 rings (SSSR count). The molecule has 3 aromatic heterocycles. The van der Waals surface area contributed by atoms with E-state index in [1.165, 1.54) is 18.7 Å². The van der Waals surface area contributed by atoms with E-state index in [-0.39, 0.29) is 10.0 Å². The highest BCUT2D eigenvalue weighted by Gasteiger charge is 2.21. The molecule has 6 nitrogen and oxygen atoms in total. The molecule has 0 aliphatic rings. The van der Waals surface area contributed by atoms with E-state index >= 15 is 0 Å². The monoisotopic (exact) mass is 358 g/mol. The molecule has 0 saturated heterocycles. The first-order chi connectivity index (χ1) is 11.5. The lowest BCUT2D eigenvalue weighted by molar-refractivity contribution is 0.589. The van der Waals surface area contributed by atoms with Gasteiger partial charge in [-0.25, -0.2) is 27.3 Å². The second kappa shape index (κ2) is 5.25. The third-order valence-electron chi connectivity index (χ3n) is 3.81. The van der Waals surface area contributed by atoms with Crippen LogP contribution in [-0.2, 0) is 10.0 Å². The topological polar surface area (TPSA) is 77.7 Å². The molecule has 0 amide bonds. The molecule has 3 heterocycles. The average molecular weight is 359 g/mol. The van der Waals surface area contributed by atoms with Crippen molar-refractivity contribution in [2.24, 2.45) is 0 Å². The zero-order valence-electron chi connectivity index (χ0n) is 12.5. The van der Waals surface area contributed by atoms with E-state index < -0.39 is 10.0 Å². The molecule has 0 N–H and O–H groups in total. The van der Waals surface area contributed by atoms with Gasteiger partial charge in [0.15, 0.2) is 5.65 Å². The largest absolute Gasteiger partial charge is 0.269 e. The molecule has 1 aromatic carbocycles. The Morgan fingerprint density at radius 2 is 1.79 bits per heavy atom. The standard InChI is InChI=1S/C16H11ClN4O2S/c1-10-2-4-11(5-3-10)24(22,23)21-7-6-12-14-13(8-18-16(12)21)19-9-20-15(14)17/h2-9H,1H3. The SMILES string of the molecule is Cc1ccc(S(=O)(=O)n2ccc3c4c(Cl)ncnc4cnc32)cc1. The van der Waals surface area contributed by atoms with E-state index in [4.69, 9.17) is 11.6 Å². The maximum absolute atomic E-state index is 12.9. The molecular formula is C16H11ClN4O2S. The van der Waals surface area contributed by atoms with Crippen molar-refractivity contribution in [3.63, 3.8) is 0 Å². The molecule has 0 radical (unpaired) electrons. The molecule has 0 bridgehead atoms. The highest BCUT2D eigenvalue weighted by molar-refractivity contribution is 7.90. The van der Waals surface area contributed by atoms with E-state index in [2.05, 4.69) is 15.0 Å². The number of aryl methyl sites for hydroxylation is 1. The Morgan fingerprint density at radius 3 is 2.54 bits per heavy atom. The first-order valence-electron chi connectivity index (χ1n) is 7.07. The number of nitrogens with zero attached hydrogens (tertiary/aromatic N) is 4. The van der Waals surface area contributed by atoms with Crippen LogP contribution in [0.4, 0.5) is 0 Å². The maximum atomic E-state index is 12.9. The van der Waals surface area contributed by atoms with E-state index in [1.807, 2.05) is 6.92 Å². The van der Waals surface area contributed by atoms with Gasteiger partial charge in [0.1, 0.15) is 11.5 Å². The minimum absolute atomic E-state index is 0.197. The number of pyridine rings is 1. The molecule has 0 fully saturated rings. The minimum Gasteiger partial charge on any atom is -0.235 e. The second-order valence-electron chi connectivity index (χ2n) is 5.35. The zero-order valence-corrected chi connectivity index (χ0v) is 14.1. The quantitative estimate of drug-likeness (QED) is 0.514. The summed E-state index contributed by atoms with van der Waals surface area (Å²) in [7, 11) is -3.75. The predicted octanol–water partition coefficient (Wildman–Crippen LogP) is 3.18.